The van der Waals surface area contributed by atoms with Crippen LogP contribution in [0.1, 0.15) is 5.56 Å². The first-order valence-corrected chi connectivity index (χ1v) is 6.11. The number of halogens is 1. The Hall–Kier alpha value is -2.08. The first kappa shape index (κ1) is 13.4. The Morgan fingerprint density at radius 2 is 2.32 bits per heavy atom. The normalized spacial score (nSPS) is 10.4. The van der Waals surface area contributed by atoms with Crippen molar-refractivity contribution in [2.75, 3.05) is 11.9 Å². The minimum absolute atomic E-state index is 0.0155. The maximum atomic E-state index is 10.6. The van der Waals surface area contributed by atoms with E-state index < -0.39 is 4.92 Å². The lowest BCUT2D eigenvalue weighted by molar-refractivity contribution is -0.384. The molecule has 0 aliphatic rings. The van der Waals surface area contributed by atoms with Gasteiger partial charge in [0.15, 0.2) is 0 Å². The molecule has 1 N–H and O–H groups in total. The smallest absolute Gasteiger partial charge is 0.271 e. The zero-order valence-electron chi connectivity index (χ0n) is 10.3. The number of nitro groups is 1. The highest BCUT2D eigenvalue weighted by atomic mass is 35.5. The van der Waals surface area contributed by atoms with Crippen LogP contribution in [-0.2, 0) is 6.54 Å². The summed E-state index contributed by atoms with van der Waals surface area (Å²) < 4.78 is 1.82. The highest BCUT2D eigenvalue weighted by Crippen LogP contribution is 2.26. The van der Waals surface area contributed by atoms with E-state index in [4.69, 9.17) is 11.6 Å². The maximum absolute atomic E-state index is 10.6. The van der Waals surface area contributed by atoms with E-state index in [9.17, 15) is 10.1 Å². The van der Waals surface area contributed by atoms with Crippen LogP contribution >= 0.6 is 11.6 Å². The fraction of sp³-hybridized carbons (Fsp3) is 0.250. The van der Waals surface area contributed by atoms with Crippen molar-refractivity contribution < 1.29 is 4.92 Å². The molecule has 1 aromatic carbocycles. The SMILES string of the molecule is Cc1cnn(CCNc2ccc([N+](=O)[O-])cc2Cl)c1. The van der Waals surface area contributed by atoms with Crippen LogP contribution in [-0.4, -0.2) is 21.2 Å². The number of non-ortho nitro benzene ring substituents is 1. The summed E-state index contributed by atoms with van der Waals surface area (Å²) in [5.74, 6) is 0. The van der Waals surface area contributed by atoms with Gasteiger partial charge in [-0.3, -0.25) is 14.8 Å². The molecular weight excluding hydrogens is 268 g/mol. The van der Waals surface area contributed by atoms with Crippen LogP contribution in [0.3, 0.4) is 0 Å². The number of hydrogen-bond acceptors (Lipinski definition) is 4. The number of benzene rings is 1. The number of anilines is 1. The number of aryl methyl sites for hydroxylation is 1. The van der Waals surface area contributed by atoms with Crippen molar-refractivity contribution in [3.05, 3.63) is 51.3 Å². The second-order valence-corrected chi connectivity index (χ2v) is 4.54. The highest BCUT2D eigenvalue weighted by Gasteiger charge is 2.08. The molecule has 2 aromatic rings. The molecule has 19 heavy (non-hydrogen) atoms. The Morgan fingerprint density at radius 1 is 1.53 bits per heavy atom. The highest BCUT2D eigenvalue weighted by molar-refractivity contribution is 6.33. The fourth-order valence-electron chi connectivity index (χ4n) is 1.66. The van der Waals surface area contributed by atoms with Gasteiger partial charge in [-0.25, -0.2) is 0 Å². The number of rotatable bonds is 5. The van der Waals surface area contributed by atoms with Crippen molar-refractivity contribution in [1.82, 2.24) is 9.78 Å². The topological polar surface area (TPSA) is 73.0 Å². The Kier molecular flexibility index (Phi) is 4.01. The Labute approximate surface area is 115 Å². The molecule has 2 rings (SSSR count). The number of hydrogen-bond donors (Lipinski definition) is 1. The summed E-state index contributed by atoms with van der Waals surface area (Å²) in [4.78, 5) is 10.1. The average Bonchev–Trinajstić information content (AvgIpc) is 2.77. The summed E-state index contributed by atoms with van der Waals surface area (Å²) in [5.41, 5.74) is 1.77. The van der Waals surface area contributed by atoms with Crippen LogP contribution in [0.15, 0.2) is 30.6 Å². The van der Waals surface area contributed by atoms with Gasteiger partial charge >= 0.3 is 0 Å². The molecular formula is C12H13ClN4O2. The molecule has 0 aliphatic heterocycles. The minimum atomic E-state index is -0.470. The van der Waals surface area contributed by atoms with Crippen molar-refractivity contribution in [3.8, 4) is 0 Å². The number of aromatic nitrogens is 2. The van der Waals surface area contributed by atoms with Crippen molar-refractivity contribution in [3.63, 3.8) is 0 Å². The Balaban J connectivity index is 1.94. The summed E-state index contributed by atoms with van der Waals surface area (Å²) >= 11 is 5.97. The van der Waals surface area contributed by atoms with Gasteiger partial charge < -0.3 is 5.32 Å². The van der Waals surface area contributed by atoms with Gasteiger partial charge in [0, 0.05) is 24.9 Å². The molecule has 0 unspecified atom stereocenters. The standard InChI is InChI=1S/C12H13ClN4O2/c1-9-7-15-16(8-9)5-4-14-12-3-2-10(17(18)19)6-11(12)13/h2-3,6-8,14H,4-5H2,1H3. The molecule has 0 saturated heterocycles. The summed E-state index contributed by atoms with van der Waals surface area (Å²) in [6, 6.07) is 4.36. The third-order valence-corrected chi connectivity index (χ3v) is 2.89. The van der Waals surface area contributed by atoms with Crippen LogP contribution < -0.4 is 5.32 Å². The fourth-order valence-corrected chi connectivity index (χ4v) is 1.90. The van der Waals surface area contributed by atoms with Crippen molar-refractivity contribution in [1.29, 1.82) is 0 Å². The average molecular weight is 281 g/mol. The largest absolute Gasteiger partial charge is 0.382 e. The summed E-state index contributed by atoms with van der Waals surface area (Å²) in [6.07, 6.45) is 3.73. The van der Waals surface area contributed by atoms with Crippen molar-refractivity contribution in [2.24, 2.45) is 0 Å². The van der Waals surface area contributed by atoms with Crippen LogP contribution in [0.4, 0.5) is 11.4 Å². The molecule has 0 saturated carbocycles. The van der Waals surface area contributed by atoms with Gasteiger partial charge in [0.1, 0.15) is 0 Å². The Bertz CT molecular complexity index is 597. The second-order valence-electron chi connectivity index (χ2n) is 4.13. The van der Waals surface area contributed by atoms with E-state index in [1.807, 2.05) is 17.8 Å². The number of nitrogens with one attached hydrogen (secondary N) is 1. The lowest BCUT2D eigenvalue weighted by atomic mass is 10.3. The number of nitro benzene ring substituents is 1. The summed E-state index contributed by atoms with van der Waals surface area (Å²) in [6.45, 7) is 3.31. The molecule has 6 nitrogen and oxygen atoms in total. The van der Waals surface area contributed by atoms with Crippen molar-refractivity contribution in [2.45, 2.75) is 13.5 Å². The molecule has 100 valence electrons. The molecule has 0 aliphatic carbocycles. The monoisotopic (exact) mass is 280 g/mol. The minimum Gasteiger partial charge on any atom is -0.382 e. The maximum Gasteiger partial charge on any atom is 0.271 e. The zero-order valence-corrected chi connectivity index (χ0v) is 11.1. The van der Waals surface area contributed by atoms with E-state index in [1.54, 1.807) is 12.3 Å². The van der Waals surface area contributed by atoms with Gasteiger partial charge in [-0.15, -0.1) is 0 Å². The van der Waals surface area contributed by atoms with E-state index >= 15 is 0 Å². The van der Waals surface area contributed by atoms with Crippen LogP contribution in [0.25, 0.3) is 0 Å². The lowest BCUT2D eigenvalue weighted by Crippen LogP contribution is -2.11. The third kappa shape index (κ3) is 3.45. The van der Waals surface area contributed by atoms with Gasteiger partial charge in [-0.05, 0) is 18.6 Å². The van der Waals surface area contributed by atoms with E-state index in [-0.39, 0.29) is 5.69 Å². The zero-order chi connectivity index (χ0) is 13.8. The van der Waals surface area contributed by atoms with Crippen molar-refractivity contribution >= 4 is 23.0 Å². The predicted octanol–water partition coefficient (Wildman–Crippen LogP) is 2.87. The molecule has 7 heteroatoms. The van der Waals surface area contributed by atoms with Crippen LogP contribution in [0.5, 0.6) is 0 Å². The summed E-state index contributed by atoms with van der Waals surface area (Å²) in [7, 11) is 0. The second kappa shape index (κ2) is 5.71. The van der Waals surface area contributed by atoms with Gasteiger partial charge in [0.2, 0.25) is 0 Å². The lowest BCUT2D eigenvalue weighted by Gasteiger charge is -2.08. The van der Waals surface area contributed by atoms with Gasteiger partial charge in [0.05, 0.1) is 28.4 Å². The van der Waals surface area contributed by atoms with Crippen LogP contribution in [0, 0.1) is 17.0 Å². The molecule has 0 atom stereocenters. The van der Waals surface area contributed by atoms with E-state index in [0.29, 0.717) is 23.8 Å². The molecule has 1 aromatic heterocycles. The first-order chi connectivity index (χ1) is 9.06. The summed E-state index contributed by atoms with van der Waals surface area (Å²) in [5, 5.41) is 18.2. The molecule has 1 heterocycles. The van der Waals surface area contributed by atoms with E-state index in [1.165, 1.54) is 12.1 Å². The quantitative estimate of drug-likeness (QED) is 0.675. The molecule has 0 radical (unpaired) electrons. The molecule has 0 amide bonds. The van der Waals surface area contributed by atoms with Crippen LogP contribution in [0.2, 0.25) is 5.02 Å². The molecule has 0 bridgehead atoms. The third-order valence-electron chi connectivity index (χ3n) is 2.58. The predicted molar refractivity (Wildman–Crippen MR) is 73.6 cm³/mol. The van der Waals surface area contributed by atoms with Gasteiger partial charge in [0.25, 0.3) is 5.69 Å². The van der Waals surface area contributed by atoms with Gasteiger partial charge in [-0.1, -0.05) is 11.6 Å². The van der Waals surface area contributed by atoms with E-state index in [0.717, 1.165) is 5.56 Å². The first-order valence-electron chi connectivity index (χ1n) is 5.73. The van der Waals surface area contributed by atoms with Gasteiger partial charge in [-0.2, -0.15) is 5.10 Å². The molecule has 0 spiro atoms. The molecule has 0 fully saturated rings. The van der Waals surface area contributed by atoms with E-state index in [2.05, 4.69) is 10.4 Å². The number of nitrogens with zero attached hydrogens (tertiary/aromatic N) is 3. The Morgan fingerprint density at radius 3 is 2.89 bits per heavy atom.